The molecule has 4 nitrogen and oxygen atoms in total. The molecule has 0 fully saturated rings. The molecule has 1 aromatic heterocycles. The maximum atomic E-state index is 12.7. The van der Waals surface area contributed by atoms with Crippen LogP contribution < -0.4 is 5.43 Å². The van der Waals surface area contributed by atoms with Gasteiger partial charge in [0.15, 0.2) is 10.7 Å². The monoisotopic (exact) mass is 346 g/mol. The van der Waals surface area contributed by atoms with Crippen molar-refractivity contribution in [1.82, 2.24) is 4.98 Å². The summed E-state index contributed by atoms with van der Waals surface area (Å²) in [4.78, 5) is 4.30. The van der Waals surface area contributed by atoms with Crippen molar-refractivity contribution in [3.05, 3.63) is 59.1 Å². The third-order valence-electron chi connectivity index (χ3n) is 3.09. The normalized spacial score (nSPS) is 12.2. The van der Waals surface area contributed by atoms with Gasteiger partial charge in [-0.3, -0.25) is 5.43 Å². The number of rotatable bonds is 3. The first-order valence-electron chi connectivity index (χ1n) is 6.74. The zero-order chi connectivity index (χ0) is 17.2. The molecule has 120 valence electrons. The number of aromatic nitrogens is 1. The first kappa shape index (κ1) is 16.0. The van der Waals surface area contributed by atoms with E-state index in [4.69, 9.17) is 0 Å². The number of halogens is 3. The van der Waals surface area contributed by atoms with Gasteiger partial charge in [-0.05, 0) is 30.3 Å². The second-order valence-electron chi connectivity index (χ2n) is 4.75. The van der Waals surface area contributed by atoms with Crippen molar-refractivity contribution in [2.45, 2.75) is 6.18 Å². The number of nitriles is 1. The summed E-state index contributed by atoms with van der Waals surface area (Å²) in [6, 6.07) is 13.9. The maximum Gasteiger partial charge on any atom is 0.416 e. The zero-order valence-corrected chi connectivity index (χ0v) is 12.8. The summed E-state index contributed by atoms with van der Waals surface area (Å²) in [5, 5.41) is 13.5. The summed E-state index contributed by atoms with van der Waals surface area (Å²) in [7, 11) is 0. The Morgan fingerprint density at radius 2 is 1.96 bits per heavy atom. The number of para-hydroxylation sites is 1. The third kappa shape index (κ3) is 3.36. The molecule has 0 aliphatic heterocycles. The van der Waals surface area contributed by atoms with Crippen molar-refractivity contribution in [2.24, 2.45) is 5.10 Å². The molecule has 0 saturated carbocycles. The summed E-state index contributed by atoms with van der Waals surface area (Å²) in [6.07, 6.45) is -4.44. The minimum Gasteiger partial charge on any atom is -0.277 e. The van der Waals surface area contributed by atoms with Crippen molar-refractivity contribution in [2.75, 3.05) is 5.43 Å². The Bertz CT molecular complexity index is 921. The van der Waals surface area contributed by atoms with Gasteiger partial charge in [0.1, 0.15) is 6.07 Å². The average molecular weight is 346 g/mol. The number of hydrogen-bond acceptors (Lipinski definition) is 5. The molecule has 0 bridgehead atoms. The molecule has 0 aliphatic carbocycles. The Labute approximate surface area is 138 Å². The van der Waals surface area contributed by atoms with Crippen LogP contribution in [0.2, 0.25) is 0 Å². The van der Waals surface area contributed by atoms with Gasteiger partial charge in [0.25, 0.3) is 0 Å². The topological polar surface area (TPSA) is 61.1 Å². The molecule has 0 atom stereocenters. The van der Waals surface area contributed by atoms with E-state index in [1.54, 1.807) is 0 Å². The fourth-order valence-corrected chi connectivity index (χ4v) is 2.88. The van der Waals surface area contributed by atoms with Gasteiger partial charge in [-0.15, -0.1) is 11.3 Å². The molecule has 2 aromatic carbocycles. The van der Waals surface area contributed by atoms with E-state index in [0.29, 0.717) is 5.01 Å². The molecule has 0 amide bonds. The predicted molar refractivity (Wildman–Crippen MR) is 86.8 cm³/mol. The predicted octanol–water partition coefficient (Wildman–Crippen LogP) is 4.65. The van der Waals surface area contributed by atoms with Crippen molar-refractivity contribution < 1.29 is 13.2 Å². The SMILES string of the molecule is N#C/C(=N\Nc1cccc(C(F)(F)F)c1)c1nc2ccccc2s1. The van der Waals surface area contributed by atoms with Crippen LogP contribution in [0, 0.1) is 11.3 Å². The smallest absolute Gasteiger partial charge is 0.277 e. The summed E-state index contributed by atoms with van der Waals surface area (Å²) in [6.45, 7) is 0. The number of nitrogens with zero attached hydrogens (tertiary/aromatic N) is 3. The molecule has 24 heavy (non-hydrogen) atoms. The van der Waals surface area contributed by atoms with Crippen LogP contribution in [-0.4, -0.2) is 10.7 Å². The average Bonchev–Trinajstić information content (AvgIpc) is 2.99. The standard InChI is InChI=1S/C16H9F3N4S/c17-16(18,19)10-4-3-5-11(8-10)22-23-13(9-20)15-21-12-6-1-2-7-14(12)24-15/h1-8,22H/b23-13+. The van der Waals surface area contributed by atoms with Crippen LogP contribution in [0.25, 0.3) is 10.2 Å². The Morgan fingerprint density at radius 3 is 2.67 bits per heavy atom. The van der Waals surface area contributed by atoms with Crippen LogP contribution in [0.15, 0.2) is 53.6 Å². The van der Waals surface area contributed by atoms with Crippen LogP contribution in [0.3, 0.4) is 0 Å². The van der Waals surface area contributed by atoms with Gasteiger partial charge in [-0.25, -0.2) is 4.98 Å². The molecule has 0 spiro atoms. The third-order valence-corrected chi connectivity index (χ3v) is 4.13. The highest BCUT2D eigenvalue weighted by molar-refractivity contribution is 7.20. The van der Waals surface area contributed by atoms with Crippen LogP contribution in [0.5, 0.6) is 0 Å². The number of hydrazone groups is 1. The molecular weight excluding hydrogens is 337 g/mol. The molecule has 1 heterocycles. The fraction of sp³-hybridized carbons (Fsp3) is 0.0625. The minimum absolute atomic E-state index is 0.00797. The van der Waals surface area contributed by atoms with E-state index >= 15 is 0 Å². The lowest BCUT2D eigenvalue weighted by molar-refractivity contribution is -0.137. The molecule has 8 heteroatoms. The van der Waals surface area contributed by atoms with E-state index in [-0.39, 0.29) is 11.4 Å². The summed E-state index contributed by atoms with van der Waals surface area (Å²) >= 11 is 1.29. The molecule has 1 N–H and O–H groups in total. The van der Waals surface area contributed by atoms with E-state index in [1.807, 2.05) is 30.3 Å². The summed E-state index contributed by atoms with van der Waals surface area (Å²) < 4.78 is 39.0. The van der Waals surface area contributed by atoms with Crippen molar-refractivity contribution in [3.63, 3.8) is 0 Å². The highest BCUT2D eigenvalue weighted by atomic mass is 32.1. The number of anilines is 1. The largest absolute Gasteiger partial charge is 0.416 e. The Balaban J connectivity index is 1.88. The van der Waals surface area contributed by atoms with Gasteiger partial charge in [-0.2, -0.15) is 23.5 Å². The maximum absolute atomic E-state index is 12.7. The second kappa shape index (κ2) is 6.29. The number of thiazole rings is 1. The molecule has 0 unspecified atom stereocenters. The molecule has 0 aliphatic rings. The van der Waals surface area contributed by atoms with Crippen molar-refractivity contribution in [3.8, 4) is 6.07 Å². The summed E-state index contributed by atoms with van der Waals surface area (Å²) in [5.41, 5.74) is 2.57. The van der Waals surface area contributed by atoms with E-state index in [1.165, 1.54) is 23.5 Å². The van der Waals surface area contributed by atoms with E-state index in [2.05, 4.69) is 15.5 Å². The highest BCUT2D eigenvalue weighted by Crippen LogP contribution is 2.30. The number of hydrogen-bond donors (Lipinski definition) is 1. The van der Waals surface area contributed by atoms with Crippen LogP contribution >= 0.6 is 11.3 Å². The Morgan fingerprint density at radius 1 is 1.17 bits per heavy atom. The number of nitrogens with one attached hydrogen (secondary N) is 1. The number of alkyl halides is 3. The first-order chi connectivity index (χ1) is 11.5. The second-order valence-corrected chi connectivity index (χ2v) is 5.78. The van der Waals surface area contributed by atoms with Crippen LogP contribution in [-0.2, 0) is 6.18 Å². The number of benzene rings is 2. The fourth-order valence-electron chi connectivity index (χ4n) is 1.98. The lowest BCUT2D eigenvalue weighted by Gasteiger charge is -2.08. The Kier molecular flexibility index (Phi) is 4.18. The van der Waals surface area contributed by atoms with Gasteiger partial charge in [0, 0.05) is 0 Å². The van der Waals surface area contributed by atoms with Gasteiger partial charge in [0.2, 0.25) is 0 Å². The van der Waals surface area contributed by atoms with Gasteiger partial charge >= 0.3 is 6.18 Å². The summed E-state index contributed by atoms with van der Waals surface area (Å²) in [5.74, 6) is 0. The van der Waals surface area contributed by atoms with Crippen molar-refractivity contribution >= 4 is 33.0 Å². The van der Waals surface area contributed by atoms with Gasteiger partial charge in [0.05, 0.1) is 21.5 Å². The molecule has 0 saturated heterocycles. The van der Waals surface area contributed by atoms with E-state index in [9.17, 15) is 18.4 Å². The Hall–Kier alpha value is -2.92. The molecule has 0 radical (unpaired) electrons. The highest BCUT2D eigenvalue weighted by Gasteiger charge is 2.30. The zero-order valence-electron chi connectivity index (χ0n) is 12.0. The van der Waals surface area contributed by atoms with Gasteiger partial charge < -0.3 is 0 Å². The first-order valence-corrected chi connectivity index (χ1v) is 7.56. The van der Waals surface area contributed by atoms with E-state index < -0.39 is 11.7 Å². The quantitative estimate of drug-likeness (QED) is 0.554. The lowest BCUT2D eigenvalue weighted by atomic mass is 10.2. The van der Waals surface area contributed by atoms with Crippen molar-refractivity contribution in [1.29, 1.82) is 5.26 Å². The molecule has 3 rings (SSSR count). The van der Waals surface area contributed by atoms with Crippen LogP contribution in [0.4, 0.5) is 18.9 Å². The minimum atomic E-state index is -4.44. The lowest BCUT2D eigenvalue weighted by Crippen LogP contribution is -2.06. The molecular formula is C16H9F3N4S. The number of fused-ring (bicyclic) bond motifs is 1. The van der Waals surface area contributed by atoms with Gasteiger partial charge in [-0.1, -0.05) is 18.2 Å². The van der Waals surface area contributed by atoms with E-state index in [0.717, 1.165) is 22.3 Å². The van der Waals surface area contributed by atoms with Crippen LogP contribution in [0.1, 0.15) is 10.6 Å². The molecule has 3 aromatic rings.